The van der Waals surface area contributed by atoms with E-state index in [2.05, 4.69) is 23.3 Å². The van der Waals surface area contributed by atoms with Crippen LogP contribution in [-0.2, 0) is 27.7 Å². The van der Waals surface area contributed by atoms with Crippen molar-refractivity contribution in [3.8, 4) is 0 Å². The second kappa shape index (κ2) is 8.85. The fraction of sp³-hybridized carbons (Fsp3) is 0.600. The largest absolute Gasteiger partial charge is 0.305 e. The van der Waals surface area contributed by atoms with E-state index in [-0.39, 0.29) is 12.6 Å². The van der Waals surface area contributed by atoms with Crippen molar-refractivity contribution >= 4 is 15.9 Å². The first-order valence-electron chi connectivity index (χ1n) is 7.51. The molecule has 124 valence electrons. The van der Waals surface area contributed by atoms with E-state index in [9.17, 15) is 13.2 Å². The zero-order chi connectivity index (χ0) is 16.6. The molecule has 1 unspecified atom stereocenters. The fourth-order valence-corrected chi connectivity index (χ4v) is 2.66. The van der Waals surface area contributed by atoms with Crippen molar-refractivity contribution in [1.82, 2.24) is 15.0 Å². The van der Waals surface area contributed by atoms with E-state index in [1.54, 1.807) is 0 Å². The zero-order valence-electron chi connectivity index (χ0n) is 13.4. The predicted octanol–water partition coefficient (Wildman–Crippen LogP) is 1.02. The Hall–Kier alpha value is -1.47. The molecule has 0 bridgehead atoms. The third-order valence-corrected chi connectivity index (χ3v) is 3.82. The molecule has 0 radical (unpaired) electrons. The van der Waals surface area contributed by atoms with Crippen LogP contribution in [0.25, 0.3) is 0 Å². The molecule has 0 spiro atoms. The topological polar surface area (TPSA) is 88.2 Å². The van der Waals surface area contributed by atoms with E-state index < -0.39 is 15.9 Å². The van der Waals surface area contributed by atoms with Crippen LogP contribution in [0.3, 0.4) is 0 Å². The van der Waals surface area contributed by atoms with Gasteiger partial charge in [-0.25, -0.2) is 8.42 Å². The van der Waals surface area contributed by atoms with Crippen molar-refractivity contribution in [3.05, 3.63) is 29.6 Å². The van der Waals surface area contributed by atoms with Gasteiger partial charge in [-0.2, -0.15) is 0 Å². The number of aryl methyl sites for hydroxylation is 1. The number of hydrogen-bond donors (Lipinski definition) is 2. The number of carbonyl (C=O) groups is 1. The molecular formula is C15H25N3O3S. The van der Waals surface area contributed by atoms with Crippen LogP contribution in [0.15, 0.2) is 18.3 Å². The highest BCUT2D eigenvalue weighted by atomic mass is 32.2. The Balaban J connectivity index is 2.54. The summed E-state index contributed by atoms with van der Waals surface area (Å²) < 4.78 is 23.9. The first-order valence-corrected chi connectivity index (χ1v) is 9.41. The number of nitrogens with one attached hydrogen (secondary N) is 2. The standard InChI is InChI=1S/C15H25N3O3S/c1-4-6-12-7-8-16-14(9-12)10-13(5-2)17-11-15(19)18-22(3,20)21/h7-9,13,17H,4-6,10-11H2,1-3H3,(H,18,19). The number of nitrogens with zero attached hydrogens (tertiary/aromatic N) is 1. The SMILES string of the molecule is CCCc1ccnc(CC(CC)NCC(=O)NS(C)(=O)=O)c1. The molecule has 1 aromatic rings. The Morgan fingerprint density at radius 1 is 1.36 bits per heavy atom. The molecule has 22 heavy (non-hydrogen) atoms. The monoisotopic (exact) mass is 327 g/mol. The van der Waals surface area contributed by atoms with Crippen LogP contribution in [0.2, 0.25) is 0 Å². The molecule has 1 rings (SSSR count). The van der Waals surface area contributed by atoms with Gasteiger partial charge in [0.05, 0.1) is 12.8 Å². The van der Waals surface area contributed by atoms with Crippen LogP contribution in [-0.4, -0.2) is 38.2 Å². The van der Waals surface area contributed by atoms with Crippen molar-refractivity contribution in [2.75, 3.05) is 12.8 Å². The molecule has 1 heterocycles. The van der Waals surface area contributed by atoms with Crippen LogP contribution in [0.1, 0.15) is 37.9 Å². The van der Waals surface area contributed by atoms with Crippen LogP contribution in [0.5, 0.6) is 0 Å². The number of carbonyl (C=O) groups excluding carboxylic acids is 1. The van der Waals surface area contributed by atoms with Gasteiger partial charge in [-0.15, -0.1) is 0 Å². The molecule has 2 N–H and O–H groups in total. The van der Waals surface area contributed by atoms with Crippen LogP contribution >= 0.6 is 0 Å². The second-order valence-corrected chi connectivity index (χ2v) is 7.14. The lowest BCUT2D eigenvalue weighted by Gasteiger charge is -2.16. The highest BCUT2D eigenvalue weighted by Crippen LogP contribution is 2.08. The average molecular weight is 327 g/mol. The summed E-state index contributed by atoms with van der Waals surface area (Å²) in [5.41, 5.74) is 2.24. The third kappa shape index (κ3) is 7.51. The maximum Gasteiger partial charge on any atom is 0.247 e. The molecule has 0 aliphatic rings. The van der Waals surface area contributed by atoms with Gasteiger partial charge < -0.3 is 5.32 Å². The molecule has 0 aliphatic heterocycles. The normalized spacial score (nSPS) is 12.9. The number of aromatic nitrogens is 1. The van der Waals surface area contributed by atoms with Gasteiger partial charge in [-0.1, -0.05) is 20.3 Å². The minimum Gasteiger partial charge on any atom is -0.305 e. The van der Waals surface area contributed by atoms with Crippen molar-refractivity contribution in [1.29, 1.82) is 0 Å². The summed E-state index contributed by atoms with van der Waals surface area (Å²) >= 11 is 0. The van der Waals surface area contributed by atoms with Gasteiger partial charge in [-0.05, 0) is 30.5 Å². The van der Waals surface area contributed by atoms with E-state index in [0.717, 1.165) is 31.2 Å². The Kier molecular flexibility index (Phi) is 7.47. The summed E-state index contributed by atoms with van der Waals surface area (Å²) in [5, 5.41) is 3.08. The van der Waals surface area contributed by atoms with Crippen molar-refractivity contribution < 1.29 is 13.2 Å². The molecule has 0 saturated heterocycles. The highest BCUT2D eigenvalue weighted by molar-refractivity contribution is 7.89. The van der Waals surface area contributed by atoms with Gasteiger partial charge in [0.1, 0.15) is 0 Å². The van der Waals surface area contributed by atoms with E-state index in [1.165, 1.54) is 5.56 Å². The number of sulfonamides is 1. The molecule has 1 aromatic heterocycles. The molecular weight excluding hydrogens is 302 g/mol. The second-order valence-electron chi connectivity index (χ2n) is 5.39. The van der Waals surface area contributed by atoms with E-state index in [0.29, 0.717) is 6.42 Å². The Morgan fingerprint density at radius 2 is 2.09 bits per heavy atom. The minimum absolute atomic E-state index is 0.0276. The van der Waals surface area contributed by atoms with Gasteiger partial charge >= 0.3 is 0 Å². The molecule has 1 amide bonds. The Labute approximate surface area is 132 Å². The van der Waals surface area contributed by atoms with Gasteiger partial charge in [0.25, 0.3) is 0 Å². The number of rotatable bonds is 9. The lowest BCUT2D eigenvalue weighted by molar-refractivity contribution is -0.118. The molecule has 0 fully saturated rings. The van der Waals surface area contributed by atoms with Crippen molar-refractivity contribution in [2.24, 2.45) is 0 Å². The molecule has 0 aromatic carbocycles. The first-order chi connectivity index (χ1) is 10.3. The summed E-state index contributed by atoms with van der Waals surface area (Å²) in [6.45, 7) is 4.12. The lowest BCUT2D eigenvalue weighted by Crippen LogP contribution is -2.41. The smallest absolute Gasteiger partial charge is 0.247 e. The molecule has 0 saturated carbocycles. The summed E-state index contributed by atoms with van der Waals surface area (Å²) in [7, 11) is -3.50. The summed E-state index contributed by atoms with van der Waals surface area (Å²) in [4.78, 5) is 15.9. The van der Waals surface area contributed by atoms with Crippen molar-refractivity contribution in [3.63, 3.8) is 0 Å². The van der Waals surface area contributed by atoms with E-state index in [4.69, 9.17) is 0 Å². The quantitative estimate of drug-likeness (QED) is 0.707. The molecule has 7 heteroatoms. The number of amides is 1. The lowest BCUT2D eigenvalue weighted by atomic mass is 10.1. The summed E-state index contributed by atoms with van der Waals surface area (Å²) in [6, 6.07) is 4.18. The van der Waals surface area contributed by atoms with Crippen LogP contribution in [0.4, 0.5) is 0 Å². The molecule has 6 nitrogen and oxygen atoms in total. The first kappa shape index (κ1) is 18.6. The van der Waals surface area contributed by atoms with Gasteiger partial charge in [0.15, 0.2) is 0 Å². The zero-order valence-corrected chi connectivity index (χ0v) is 14.2. The predicted molar refractivity (Wildman–Crippen MR) is 87.0 cm³/mol. The fourth-order valence-electron chi connectivity index (χ4n) is 2.18. The van der Waals surface area contributed by atoms with Gasteiger partial charge in [0, 0.05) is 24.4 Å². The van der Waals surface area contributed by atoms with E-state index >= 15 is 0 Å². The van der Waals surface area contributed by atoms with Gasteiger partial charge in [0.2, 0.25) is 15.9 Å². The van der Waals surface area contributed by atoms with Gasteiger partial charge in [-0.3, -0.25) is 14.5 Å². The summed E-state index contributed by atoms with van der Waals surface area (Å²) in [5.74, 6) is -0.548. The van der Waals surface area contributed by atoms with Crippen LogP contribution < -0.4 is 10.0 Å². The Morgan fingerprint density at radius 3 is 2.68 bits per heavy atom. The molecule has 1 atom stereocenters. The number of pyridine rings is 1. The number of hydrogen-bond acceptors (Lipinski definition) is 5. The highest BCUT2D eigenvalue weighted by Gasteiger charge is 2.12. The van der Waals surface area contributed by atoms with Crippen LogP contribution in [0, 0.1) is 0 Å². The van der Waals surface area contributed by atoms with Crippen molar-refractivity contribution in [2.45, 2.75) is 45.6 Å². The third-order valence-electron chi connectivity index (χ3n) is 3.22. The average Bonchev–Trinajstić information content (AvgIpc) is 2.42. The maximum absolute atomic E-state index is 11.5. The summed E-state index contributed by atoms with van der Waals surface area (Å²) in [6.07, 6.45) is 6.42. The Bertz CT molecular complexity index is 587. The maximum atomic E-state index is 11.5. The minimum atomic E-state index is -3.50. The van der Waals surface area contributed by atoms with E-state index in [1.807, 2.05) is 23.9 Å². The molecule has 0 aliphatic carbocycles.